The van der Waals surface area contributed by atoms with E-state index in [4.69, 9.17) is 4.42 Å². The number of aryl methyl sites for hydroxylation is 1. The Labute approximate surface area is 123 Å². The van der Waals surface area contributed by atoms with Crippen LogP contribution >= 0.6 is 0 Å². The Kier molecular flexibility index (Phi) is 5.44. The summed E-state index contributed by atoms with van der Waals surface area (Å²) in [5.74, 6) is 2.81. The van der Waals surface area contributed by atoms with Gasteiger partial charge in [-0.15, -0.1) is 6.58 Å². The van der Waals surface area contributed by atoms with E-state index in [9.17, 15) is 0 Å². The lowest BCUT2D eigenvalue weighted by atomic mass is 10.2. The molecule has 1 N–H and O–H groups in total. The fourth-order valence-corrected chi connectivity index (χ4v) is 2.48. The molecule has 1 heterocycles. The quantitative estimate of drug-likeness (QED) is 0.700. The van der Waals surface area contributed by atoms with Crippen LogP contribution in [0.1, 0.15) is 43.8 Å². The fraction of sp³-hybridized carbons (Fsp3) is 0.647. The standard InChI is InChI=1S/C17H28N2O/c1-5-8-19(16-6-7-16)12-17-9-15(14(4)20-17)11-18-10-13(2)3/h5,9,13,16,18H,1,6-8,10-12H2,2-4H3. The van der Waals surface area contributed by atoms with Crippen LogP contribution in [0.5, 0.6) is 0 Å². The van der Waals surface area contributed by atoms with Gasteiger partial charge in [-0.1, -0.05) is 19.9 Å². The molecule has 0 atom stereocenters. The highest BCUT2D eigenvalue weighted by atomic mass is 16.3. The van der Waals surface area contributed by atoms with Crippen molar-refractivity contribution in [2.24, 2.45) is 5.92 Å². The summed E-state index contributed by atoms with van der Waals surface area (Å²) in [5, 5.41) is 3.48. The molecule has 0 aliphatic heterocycles. The van der Waals surface area contributed by atoms with E-state index < -0.39 is 0 Å². The number of hydrogen-bond donors (Lipinski definition) is 1. The van der Waals surface area contributed by atoms with E-state index in [1.54, 1.807) is 0 Å². The first-order chi connectivity index (χ1) is 9.60. The molecule has 0 bridgehead atoms. The van der Waals surface area contributed by atoms with Gasteiger partial charge in [0.1, 0.15) is 11.5 Å². The molecule has 112 valence electrons. The van der Waals surface area contributed by atoms with Gasteiger partial charge in [0.15, 0.2) is 0 Å². The van der Waals surface area contributed by atoms with Crippen LogP contribution < -0.4 is 5.32 Å². The van der Waals surface area contributed by atoms with E-state index in [0.29, 0.717) is 5.92 Å². The molecule has 0 spiro atoms. The predicted molar refractivity (Wildman–Crippen MR) is 83.6 cm³/mol. The van der Waals surface area contributed by atoms with Crippen LogP contribution in [0.3, 0.4) is 0 Å². The summed E-state index contributed by atoms with van der Waals surface area (Å²) < 4.78 is 5.91. The summed E-state index contributed by atoms with van der Waals surface area (Å²) in [6, 6.07) is 2.95. The lowest BCUT2D eigenvalue weighted by Gasteiger charge is -2.18. The Morgan fingerprint density at radius 1 is 1.50 bits per heavy atom. The van der Waals surface area contributed by atoms with Gasteiger partial charge >= 0.3 is 0 Å². The summed E-state index contributed by atoms with van der Waals surface area (Å²) in [6.45, 7) is 14.2. The van der Waals surface area contributed by atoms with Crippen LogP contribution in [-0.4, -0.2) is 24.0 Å². The molecule has 0 radical (unpaired) electrons. The highest BCUT2D eigenvalue weighted by Gasteiger charge is 2.28. The zero-order valence-electron chi connectivity index (χ0n) is 13.1. The van der Waals surface area contributed by atoms with Crippen molar-refractivity contribution in [3.05, 3.63) is 35.8 Å². The van der Waals surface area contributed by atoms with Gasteiger partial charge in [-0.25, -0.2) is 0 Å². The summed E-state index contributed by atoms with van der Waals surface area (Å²) in [5.41, 5.74) is 1.29. The monoisotopic (exact) mass is 276 g/mol. The smallest absolute Gasteiger partial charge is 0.118 e. The minimum atomic E-state index is 0.680. The van der Waals surface area contributed by atoms with Crippen molar-refractivity contribution in [3.63, 3.8) is 0 Å². The van der Waals surface area contributed by atoms with Crippen LogP contribution in [0, 0.1) is 12.8 Å². The van der Waals surface area contributed by atoms with Crippen molar-refractivity contribution in [1.29, 1.82) is 0 Å². The van der Waals surface area contributed by atoms with E-state index in [1.807, 2.05) is 6.08 Å². The topological polar surface area (TPSA) is 28.4 Å². The first-order valence-corrected chi connectivity index (χ1v) is 7.74. The van der Waals surface area contributed by atoms with Gasteiger partial charge in [0.25, 0.3) is 0 Å². The van der Waals surface area contributed by atoms with Gasteiger partial charge in [0, 0.05) is 24.7 Å². The number of nitrogens with zero attached hydrogens (tertiary/aromatic N) is 1. The van der Waals surface area contributed by atoms with Crippen molar-refractivity contribution in [3.8, 4) is 0 Å². The molecule has 3 heteroatoms. The fourth-order valence-electron chi connectivity index (χ4n) is 2.48. The molecule has 3 nitrogen and oxygen atoms in total. The maximum absolute atomic E-state index is 5.91. The molecule has 0 saturated heterocycles. The maximum Gasteiger partial charge on any atom is 0.118 e. The van der Waals surface area contributed by atoms with Crippen LogP contribution in [0.25, 0.3) is 0 Å². The zero-order chi connectivity index (χ0) is 14.5. The van der Waals surface area contributed by atoms with Crippen LogP contribution in [0.2, 0.25) is 0 Å². The molecule has 1 aromatic heterocycles. The lowest BCUT2D eigenvalue weighted by molar-refractivity contribution is 0.256. The number of furan rings is 1. The Morgan fingerprint density at radius 2 is 2.25 bits per heavy atom. The van der Waals surface area contributed by atoms with E-state index in [2.05, 4.69) is 43.6 Å². The third-order valence-electron chi connectivity index (χ3n) is 3.73. The van der Waals surface area contributed by atoms with Gasteiger partial charge in [-0.3, -0.25) is 4.90 Å². The summed E-state index contributed by atoms with van der Waals surface area (Å²) in [7, 11) is 0. The maximum atomic E-state index is 5.91. The molecule has 1 fully saturated rings. The van der Waals surface area contributed by atoms with Crippen molar-refractivity contribution < 1.29 is 4.42 Å². The Hall–Kier alpha value is -1.06. The third kappa shape index (κ3) is 4.50. The SMILES string of the molecule is C=CCN(Cc1cc(CNCC(C)C)c(C)o1)C1CC1. The van der Waals surface area contributed by atoms with E-state index in [-0.39, 0.29) is 0 Å². The van der Waals surface area contributed by atoms with Crippen LogP contribution in [0.15, 0.2) is 23.1 Å². The second-order valence-electron chi connectivity index (χ2n) is 6.27. The minimum Gasteiger partial charge on any atom is -0.465 e. The van der Waals surface area contributed by atoms with Gasteiger partial charge < -0.3 is 9.73 Å². The lowest BCUT2D eigenvalue weighted by Crippen LogP contribution is -2.25. The molecule has 0 aromatic carbocycles. The second-order valence-corrected chi connectivity index (χ2v) is 6.27. The number of nitrogens with one attached hydrogen (secondary N) is 1. The normalized spacial score (nSPS) is 15.2. The van der Waals surface area contributed by atoms with Crippen molar-refractivity contribution in [2.75, 3.05) is 13.1 Å². The summed E-state index contributed by atoms with van der Waals surface area (Å²) in [4.78, 5) is 2.45. The van der Waals surface area contributed by atoms with E-state index in [1.165, 1.54) is 18.4 Å². The summed E-state index contributed by atoms with van der Waals surface area (Å²) in [6.07, 6.45) is 4.62. The van der Waals surface area contributed by atoms with Gasteiger partial charge in [-0.05, 0) is 38.3 Å². The average molecular weight is 276 g/mol. The first-order valence-electron chi connectivity index (χ1n) is 7.74. The van der Waals surface area contributed by atoms with Gasteiger partial charge in [0.05, 0.1) is 6.54 Å². The molecule has 20 heavy (non-hydrogen) atoms. The van der Waals surface area contributed by atoms with Crippen molar-refractivity contribution in [1.82, 2.24) is 10.2 Å². The molecule has 1 saturated carbocycles. The number of hydrogen-bond acceptors (Lipinski definition) is 3. The minimum absolute atomic E-state index is 0.680. The Bertz CT molecular complexity index is 432. The zero-order valence-corrected chi connectivity index (χ0v) is 13.1. The molecule has 0 unspecified atom stereocenters. The molecule has 2 rings (SSSR count). The van der Waals surface area contributed by atoms with E-state index >= 15 is 0 Å². The number of rotatable bonds is 9. The molecule has 1 aromatic rings. The highest BCUT2D eigenvalue weighted by Crippen LogP contribution is 2.29. The predicted octanol–water partition coefficient (Wildman–Crippen LogP) is 3.48. The second kappa shape index (κ2) is 7.09. The molecule has 1 aliphatic carbocycles. The molecule has 1 aliphatic rings. The van der Waals surface area contributed by atoms with Gasteiger partial charge in [0.2, 0.25) is 0 Å². The van der Waals surface area contributed by atoms with Crippen LogP contribution in [0.4, 0.5) is 0 Å². The molecular formula is C17H28N2O. The summed E-state index contributed by atoms with van der Waals surface area (Å²) >= 11 is 0. The van der Waals surface area contributed by atoms with E-state index in [0.717, 1.165) is 43.7 Å². The average Bonchev–Trinajstić information content (AvgIpc) is 3.15. The van der Waals surface area contributed by atoms with Crippen molar-refractivity contribution >= 4 is 0 Å². The Morgan fingerprint density at radius 3 is 2.85 bits per heavy atom. The van der Waals surface area contributed by atoms with Gasteiger partial charge in [-0.2, -0.15) is 0 Å². The Balaban J connectivity index is 1.90. The molecular weight excluding hydrogens is 248 g/mol. The third-order valence-corrected chi connectivity index (χ3v) is 3.73. The largest absolute Gasteiger partial charge is 0.465 e. The first kappa shape index (κ1) is 15.3. The van der Waals surface area contributed by atoms with Crippen LogP contribution in [-0.2, 0) is 13.1 Å². The highest BCUT2D eigenvalue weighted by molar-refractivity contribution is 5.21. The van der Waals surface area contributed by atoms with Crippen molar-refractivity contribution in [2.45, 2.75) is 52.7 Å². The molecule has 0 amide bonds.